The van der Waals surface area contributed by atoms with E-state index in [0.29, 0.717) is 12.0 Å². The highest BCUT2D eigenvalue weighted by atomic mass is 16.5. The molecule has 1 aromatic rings. The maximum absolute atomic E-state index is 5.50. The van der Waals surface area contributed by atoms with Crippen LogP contribution in [-0.4, -0.2) is 23.2 Å². The van der Waals surface area contributed by atoms with E-state index in [2.05, 4.69) is 36.2 Å². The minimum atomic E-state index is 0.275. The van der Waals surface area contributed by atoms with Crippen molar-refractivity contribution in [3.8, 4) is 0 Å². The highest BCUT2D eigenvalue weighted by Crippen LogP contribution is 2.35. The summed E-state index contributed by atoms with van der Waals surface area (Å²) >= 11 is 0. The molecule has 0 amide bonds. The van der Waals surface area contributed by atoms with Gasteiger partial charge in [-0.25, -0.2) is 0 Å². The third-order valence-corrected chi connectivity index (χ3v) is 4.56. The Balaban J connectivity index is 2.05. The second-order valence-electron chi connectivity index (χ2n) is 6.05. The van der Waals surface area contributed by atoms with Crippen LogP contribution < -0.4 is 5.32 Å². The van der Waals surface area contributed by atoms with Crippen LogP contribution in [0.3, 0.4) is 0 Å². The summed E-state index contributed by atoms with van der Waals surface area (Å²) in [4.78, 5) is 4.67. The Bertz CT molecular complexity index is 370. The average molecular weight is 265 g/mol. The lowest BCUT2D eigenvalue weighted by atomic mass is 9.82. The Kier molecular flexibility index (Phi) is 4.97. The summed E-state index contributed by atoms with van der Waals surface area (Å²) in [6, 6.07) is 0.401. The second kappa shape index (κ2) is 6.51. The summed E-state index contributed by atoms with van der Waals surface area (Å²) in [6.45, 7) is 6.66. The first kappa shape index (κ1) is 14.5. The third-order valence-electron chi connectivity index (χ3n) is 4.56. The van der Waals surface area contributed by atoms with Crippen molar-refractivity contribution in [1.82, 2.24) is 15.5 Å². The molecule has 108 valence electrons. The molecule has 0 aromatic carbocycles. The molecule has 0 radical (unpaired) electrons. The van der Waals surface area contributed by atoms with Crippen LogP contribution in [0.15, 0.2) is 4.52 Å². The van der Waals surface area contributed by atoms with E-state index < -0.39 is 0 Å². The van der Waals surface area contributed by atoms with E-state index in [9.17, 15) is 0 Å². The van der Waals surface area contributed by atoms with Crippen LogP contribution in [0.2, 0.25) is 0 Å². The summed E-state index contributed by atoms with van der Waals surface area (Å²) in [7, 11) is 1.99. The lowest BCUT2D eigenvalue weighted by Gasteiger charge is -2.24. The van der Waals surface area contributed by atoms with Crippen molar-refractivity contribution in [3.63, 3.8) is 0 Å². The maximum atomic E-state index is 5.50. The number of rotatable bonds is 5. The van der Waals surface area contributed by atoms with Crippen molar-refractivity contribution >= 4 is 0 Å². The van der Waals surface area contributed by atoms with Crippen molar-refractivity contribution in [3.05, 3.63) is 11.7 Å². The van der Waals surface area contributed by atoms with Crippen molar-refractivity contribution in [2.45, 2.75) is 70.8 Å². The fourth-order valence-electron chi connectivity index (χ4n) is 3.25. The number of likely N-dealkylation sites (N-methyl/N-ethyl adjacent to an activating group) is 1. The van der Waals surface area contributed by atoms with Gasteiger partial charge < -0.3 is 9.84 Å². The smallest absolute Gasteiger partial charge is 0.231 e. The Morgan fingerprint density at radius 3 is 2.84 bits per heavy atom. The first-order valence-corrected chi connectivity index (χ1v) is 7.66. The molecule has 4 atom stereocenters. The van der Waals surface area contributed by atoms with Gasteiger partial charge in [-0.05, 0) is 32.2 Å². The van der Waals surface area contributed by atoms with Crippen LogP contribution in [0.25, 0.3) is 0 Å². The summed E-state index contributed by atoms with van der Waals surface area (Å²) in [6.07, 6.45) is 6.11. The van der Waals surface area contributed by atoms with Gasteiger partial charge in [-0.1, -0.05) is 38.8 Å². The molecule has 1 aliphatic rings. The van der Waals surface area contributed by atoms with Crippen LogP contribution in [0, 0.1) is 5.92 Å². The van der Waals surface area contributed by atoms with Crippen LogP contribution in [0.4, 0.5) is 0 Å². The van der Waals surface area contributed by atoms with Gasteiger partial charge in [0.1, 0.15) is 0 Å². The number of hydrogen-bond acceptors (Lipinski definition) is 4. The molecule has 4 nitrogen and oxygen atoms in total. The summed E-state index contributed by atoms with van der Waals surface area (Å²) < 4.78 is 5.50. The third kappa shape index (κ3) is 3.35. The quantitative estimate of drug-likeness (QED) is 0.885. The molecule has 1 fully saturated rings. The zero-order valence-corrected chi connectivity index (χ0v) is 12.6. The van der Waals surface area contributed by atoms with Crippen molar-refractivity contribution in [2.24, 2.45) is 5.92 Å². The second-order valence-corrected chi connectivity index (χ2v) is 6.05. The number of aromatic nitrogens is 2. The molecule has 1 N–H and O–H groups in total. The summed E-state index contributed by atoms with van der Waals surface area (Å²) in [5, 5.41) is 7.55. The Morgan fingerprint density at radius 2 is 2.21 bits per heavy atom. The van der Waals surface area contributed by atoms with Crippen LogP contribution >= 0.6 is 0 Å². The minimum Gasteiger partial charge on any atom is -0.339 e. The lowest BCUT2D eigenvalue weighted by molar-refractivity contribution is 0.307. The van der Waals surface area contributed by atoms with Gasteiger partial charge in [-0.3, -0.25) is 0 Å². The largest absolute Gasteiger partial charge is 0.339 e. The Hall–Kier alpha value is -0.900. The SMILES string of the molecule is CCC(NC)C(C)c1nc(C2CCCC(C)C2)no1. The van der Waals surface area contributed by atoms with Gasteiger partial charge in [0.2, 0.25) is 5.89 Å². The summed E-state index contributed by atoms with van der Waals surface area (Å²) in [5.74, 6) is 3.29. The molecule has 1 aliphatic carbocycles. The monoisotopic (exact) mass is 265 g/mol. The average Bonchev–Trinajstić information content (AvgIpc) is 2.89. The highest BCUT2D eigenvalue weighted by molar-refractivity contribution is 5.02. The van der Waals surface area contributed by atoms with Crippen LogP contribution in [-0.2, 0) is 0 Å². The molecule has 4 unspecified atom stereocenters. The number of nitrogens with zero attached hydrogens (tertiary/aromatic N) is 2. The van der Waals surface area contributed by atoms with Crippen molar-refractivity contribution in [2.75, 3.05) is 7.05 Å². The zero-order chi connectivity index (χ0) is 13.8. The van der Waals surface area contributed by atoms with Crippen LogP contribution in [0.1, 0.15) is 76.4 Å². The van der Waals surface area contributed by atoms with E-state index in [1.165, 1.54) is 25.7 Å². The van der Waals surface area contributed by atoms with Gasteiger partial charge in [0.25, 0.3) is 0 Å². The normalized spacial score (nSPS) is 27.2. The summed E-state index contributed by atoms with van der Waals surface area (Å²) in [5.41, 5.74) is 0. The molecule has 0 saturated heterocycles. The highest BCUT2D eigenvalue weighted by Gasteiger charge is 2.27. The van der Waals surface area contributed by atoms with E-state index >= 15 is 0 Å². The standard InChI is InChI=1S/C15H27N3O/c1-5-13(16-4)11(3)15-17-14(18-19-15)12-8-6-7-10(2)9-12/h10-13,16H,5-9H2,1-4H3. The van der Waals surface area contributed by atoms with E-state index in [0.717, 1.165) is 24.1 Å². The fraction of sp³-hybridized carbons (Fsp3) is 0.867. The molecule has 0 aliphatic heterocycles. The van der Waals surface area contributed by atoms with Crippen molar-refractivity contribution < 1.29 is 4.52 Å². The number of nitrogens with one attached hydrogen (secondary N) is 1. The fourth-order valence-corrected chi connectivity index (χ4v) is 3.25. The molecule has 4 heteroatoms. The predicted octanol–water partition coefficient (Wildman–Crippen LogP) is 3.46. The Morgan fingerprint density at radius 1 is 1.42 bits per heavy atom. The van der Waals surface area contributed by atoms with E-state index in [1.54, 1.807) is 0 Å². The van der Waals surface area contributed by atoms with E-state index in [1.807, 2.05) is 7.05 Å². The molecular weight excluding hydrogens is 238 g/mol. The van der Waals surface area contributed by atoms with E-state index in [-0.39, 0.29) is 5.92 Å². The van der Waals surface area contributed by atoms with Crippen LogP contribution in [0.5, 0.6) is 0 Å². The maximum Gasteiger partial charge on any atom is 0.231 e. The van der Waals surface area contributed by atoms with Crippen molar-refractivity contribution in [1.29, 1.82) is 0 Å². The van der Waals surface area contributed by atoms with Gasteiger partial charge in [0.15, 0.2) is 5.82 Å². The molecule has 1 aromatic heterocycles. The van der Waals surface area contributed by atoms with Gasteiger partial charge in [0.05, 0.1) is 5.92 Å². The minimum absolute atomic E-state index is 0.275. The molecule has 19 heavy (non-hydrogen) atoms. The zero-order valence-electron chi connectivity index (χ0n) is 12.6. The molecule has 1 heterocycles. The Labute approximate surface area is 116 Å². The first-order chi connectivity index (χ1) is 9.15. The predicted molar refractivity (Wildman–Crippen MR) is 76.2 cm³/mol. The van der Waals surface area contributed by atoms with Gasteiger partial charge in [0, 0.05) is 12.0 Å². The molecule has 1 saturated carbocycles. The lowest BCUT2D eigenvalue weighted by Crippen LogP contribution is -2.30. The molecular formula is C15H27N3O. The van der Waals surface area contributed by atoms with Gasteiger partial charge in [-0.2, -0.15) is 4.98 Å². The molecule has 2 rings (SSSR count). The van der Waals surface area contributed by atoms with Gasteiger partial charge >= 0.3 is 0 Å². The topological polar surface area (TPSA) is 51.0 Å². The van der Waals surface area contributed by atoms with E-state index in [4.69, 9.17) is 4.52 Å². The number of hydrogen-bond donors (Lipinski definition) is 1. The first-order valence-electron chi connectivity index (χ1n) is 7.66. The molecule has 0 spiro atoms. The van der Waals surface area contributed by atoms with Gasteiger partial charge in [-0.15, -0.1) is 0 Å². The molecule has 0 bridgehead atoms.